The van der Waals surface area contributed by atoms with Crippen LogP contribution in [0.25, 0.3) is 0 Å². The van der Waals surface area contributed by atoms with Gasteiger partial charge < -0.3 is 5.32 Å². The van der Waals surface area contributed by atoms with Crippen molar-refractivity contribution < 1.29 is 35.4 Å². The highest BCUT2D eigenvalue weighted by atomic mass is 32.3. The molecule has 5 N–H and O–H groups in total. The number of hydrogen-bond acceptors (Lipinski definition) is 7. The Morgan fingerprint density at radius 1 is 1.33 bits per heavy atom. The zero-order valence-corrected chi connectivity index (χ0v) is 15.3. The van der Waals surface area contributed by atoms with Crippen molar-refractivity contribution in [2.75, 3.05) is 6.54 Å². The van der Waals surface area contributed by atoms with Crippen LogP contribution in [0, 0.1) is 5.92 Å². The number of nitrogens with zero attached hydrogens (tertiary/aromatic N) is 1. The molecule has 0 aromatic heterocycles. The fourth-order valence-corrected chi connectivity index (χ4v) is 4.66. The van der Waals surface area contributed by atoms with Gasteiger partial charge in [-0.05, 0) is 0 Å². The van der Waals surface area contributed by atoms with Gasteiger partial charge >= 0.3 is 22.4 Å². The van der Waals surface area contributed by atoms with Crippen LogP contribution in [0.1, 0.15) is 36.6 Å². The summed E-state index contributed by atoms with van der Waals surface area (Å²) < 4.78 is 64.4. The molecule has 2 fully saturated rings. The maximum Gasteiger partial charge on any atom is 0.397 e. The SMILES string of the molecule is [2H]C1C(CC2CC(=O)NC(=O)N2)NC2=[N+]3C(CN2)C(C)C(OS(=O)(=O)O)C([2H])([2H])C13. The molecule has 4 aliphatic rings. The maximum absolute atomic E-state index is 11.7. The molecule has 12 heteroatoms. The van der Waals surface area contributed by atoms with E-state index in [9.17, 15) is 22.6 Å². The van der Waals surface area contributed by atoms with Gasteiger partial charge in [-0.3, -0.25) is 29.9 Å². The summed E-state index contributed by atoms with van der Waals surface area (Å²) in [6.45, 7) is 2.02. The Morgan fingerprint density at radius 3 is 2.81 bits per heavy atom. The predicted octanol–water partition coefficient (Wildman–Crippen LogP) is -1.73. The van der Waals surface area contributed by atoms with Crippen LogP contribution in [-0.2, 0) is 19.4 Å². The lowest BCUT2D eigenvalue weighted by Crippen LogP contribution is -2.60. The van der Waals surface area contributed by atoms with Crippen LogP contribution >= 0.6 is 0 Å². The van der Waals surface area contributed by atoms with Gasteiger partial charge in [0.25, 0.3) is 0 Å². The number of guanidine groups is 1. The van der Waals surface area contributed by atoms with Gasteiger partial charge in [-0.2, -0.15) is 8.42 Å². The molecule has 0 aromatic carbocycles. The summed E-state index contributed by atoms with van der Waals surface area (Å²) in [5, 5.41) is 11.1. The Kier molecular flexibility index (Phi) is 3.68. The first-order valence-electron chi connectivity index (χ1n) is 10.3. The topological polar surface area (TPSA) is 149 Å². The van der Waals surface area contributed by atoms with E-state index in [1.165, 1.54) is 0 Å². The second kappa shape index (κ2) is 6.60. The summed E-state index contributed by atoms with van der Waals surface area (Å²) >= 11 is 0. The lowest BCUT2D eigenvalue weighted by atomic mass is 9.82. The van der Waals surface area contributed by atoms with Gasteiger partial charge in [0.05, 0.1) is 24.7 Å². The number of carbonyl (C=O) groups is 2. The van der Waals surface area contributed by atoms with E-state index in [1.807, 2.05) is 0 Å². The number of nitrogens with one attached hydrogen (secondary N) is 4. The first-order chi connectivity index (χ1) is 13.9. The first kappa shape index (κ1) is 15.1. The Morgan fingerprint density at radius 2 is 2.11 bits per heavy atom. The van der Waals surface area contributed by atoms with E-state index in [4.69, 9.17) is 8.30 Å². The molecule has 0 saturated carbocycles. The molecule has 150 valence electrons. The van der Waals surface area contributed by atoms with E-state index < -0.39 is 65.3 Å². The maximum atomic E-state index is 11.7. The molecule has 7 atom stereocenters. The van der Waals surface area contributed by atoms with Crippen LogP contribution in [0.3, 0.4) is 0 Å². The third-order valence-electron chi connectivity index (χ3n) is 5.33. The molecule has 0 aliphatic carbocycles. The molecule has 4 aliphatic heterocycles. The lowest BCUT2D eigenvalue weighted by Gasteiger charge is -2.41. The van der Waals surface area contributed by atoms with E-state index in [-0.39, 0.29) is 18.9 Å². The van der Waals surface area contributed by atoms with Gasteiger partial charge in [0, 0.05) is 41.7 Å². The van der Waals surface area contributed by atoms with Gasteiger partial charge in [-0.25, -0.2) is 8.98 Å². The summed E-state index contributed by atoms with van der Waals surface area (Å²) in [7, 11) is -4.90. The molecule has 11 nitrogen and oxygen atoms in total. The molecule has 0 radical (unpaired) electrons. The molecule has 4 heterocycles. The number of urea groups is 1. The van der Waals surface area contributed by atoms with Crippen molar-refractivity contribution in [1.82, 2.24) is 21.3 Å². The predicted molar refractivity (Wildman–Crippen MR) is 92.3 cm³/mol. The third kappa shape index (κ3) is 3.73. The monoisotopic (exact) mass is 405 g/mol. The van der Waals surface area contributed by atoms with Crippen molar-refractivity contribution in [3.63, 3.8) is 0 Å². The number of amides is 3. The second-order valence-electron chi connectivity index (χ2n) is 7.22. The van der Waals surface area contributed by atoms with Gasteiger partial charge in [0.2, 0.25) is 5.91 Å². The Balaban J connectivity index is 1.65. The summed E-state index contributed by atoms with van der Waals surface area (Å²) in [5.41, 5.74) is 0. The molecule has 3 amide bonds. The normalized spacial score (nSPS) is 44.7. The molecule has 2 saturated heterocycles. The van der Waals surface area contributed by atoms with Crippen molar-refractivity contribution in [1.29, 1.82) is 0 Å². The van der Waals surface area contributed by atoms with E-state index >= 15 is 0 Å². The van der Waals surface area contributed by atoms with E-state index in [0.29, 0.717) is 12.5 Å². The molecule has 7 unspecified atom stereocenters. The Hall–Kier alpha value is -1.92. The summed E-state index contributed by atoms with van der Waals surface area (Å²) in [5.74, 6) is -0.515. The fourth-order valence-electron chi connectivity index (χ4n) is 4.17. The van der Waals surface area contributed by atoms with Crippen molar-refractivity contribution in [3.8, 4) is 0 Å². The molecule has 4 rings (SSSR count). The largest absolute Gasteiger partial charge is 0.397 e. The average molecular weight is 405 g/mol. The number of carbonyl (C=O) groups excluding carboxylic acids is 2. The molecule has 27 heavy (non-hydrogen) atoms. The van der Waals surface area contributed by atoms with E-state index in [1.54, 1.807) is 11.5 Å². The summed E-state index contributed by atoms with van der Waals surface area (Å²) in [4.78, 5) is 23.2. The molecular formula is C15H24N5O6S+. The number of hydrogen-bond donors (Lipinski definition) is 5. The van der Waals surface area contributed by atoms with Gasteiger partial charge in [-0.15, -0.1) is 0 Å². The van der Waals surface area contributed by atoms with E-state index in [2.05, 4.69) is 21.3 Å². The van der Waals surface area contributed by atoms with Gasteiger partial charge in [0.15, 0.2) is 0 Å². The van der Waals surface area contributed by atoms with Crippen LogP contribution < -0.4 is 21.3 Å². The quantitative estimate of drug-likeness (QED) is 0.274. The number of piperidine rings is 1. The van der Waals surface area contributed by atoms with Gasteiger partial charge in [-0.1, -0.05) is 6.92 Å². The molecular weight excluding hydrogens is 378 g/mol. The fraction of sp³-hybridized carbons (Fsp3) is 0.800. The zero-order valence-electron chi connectivity index (χ0n) is 17.5. The van der Waals surface area contributed by atoms with Gasteiger partial charge in [0.1, 0.15) is 6.04 Å². The smallest absolute Gasteiger partial charge is 0.334 e. The minimum Gasteiger partial charge on any atom is -0.334 e. The molecule has 0 aromatic rings. The van der Waals surface area contributed by atoms with Crippen LogP contribution in [0.2, 0.25) is 0 Å². The van der Waals surface area contributed by atoms with Crippen LogP contribution in [0.15, 0.2) is 0 Å². The van der Waals surface area contributed by atoms with Crippen LogP contribution in [-0.4, -0.2) is 72.3 Å². The minimum absolute atomic E-state index is 0.0365. The minimum atomic E-state index is -4.90. The third-order valence-corrected chi connectivity index (χ3v) is 5.78. The molecule has 0 bridgehead atoms. The van der Waals surface area contributed by atoms with E-state index in [0.717, 1.165) is 0 Å². The highest BCUT2D eigenvalue weighted by molar-refractivity contribution is 7.80. The number of imide groups is 1. The molecule has 0 spiro atoms. The number of rotatable bonds is 4. The average Bonchev–Trinajstić information content (AvgIpc) is 3.00. The summed E-state index contributed by atoms with van der Waals surface area (Å²) in [6, 6.07) is -3.19. The van der Waals surface area contributed by atoms with Crippen molar-refractivity contribution in [2.45, 2.75) is 62.8 Å². The Labute approximate surface area is 161 Å². The highest BCUT2D eigenvalue weighted by Gasteiger charge is 2.51. The van der Waals surface area contributed by atoms with Crippen LogP contribution in [0.4, 0.5) is 4.79 Å². The Bertz CT molecular complexity index is 898. The van der Waals surface area contributed by atoms with Crippen molar-refractivity contribution in [3.05, 3.63) is 0 Å². The first-order valence-corrected chi connectivity index (χ1v) is 10.1. The zero-order chi connectivity index (χ0) is 22.0. The second-order valence-corrected chi connectivity index (χ2v) is 8.27. The van der Waals surface area contributed by atoms with Crippen LogP contribution in [0.5, 0.6) is 0 Å². The summed E-state index contributed by atoms with van der Waals surface area (Å²) in [6.07, 6.45) is -4.61. The lowest BCUT2D eigenvalue weighted by molar-refractivity contribution is -0.620. The highest BCUT2D eigenvalue weighted by Crippen LogP contribution is 2.34. The van der Waals surface area contributed by atoms with Crippen molar-refractivity contribution in [2.24, 2.45) is 5.92 Å². The van der Waals surface area contributed by atoms with Crippen molar-refractivity contribution >= 4 is 28.3 Å². The standard InChI is InChI=1S/C15H23N5O6S/c1-7-11-6-16-14-17-8(2-9-4-13(21)19-15(22)18-9)3-10(20(11)14)5-12(7)26-27(23,24)25/h7-12H,2-6H2,1H3,(H4,16,17,18,19,21,22,23,24,25)/p+1/i3D,5D2.